The standard InChI is InChI=1S/C15H20FNO4S/c1-21-15(18)10-11-9-12(3-4-14(11)16)17-7-5-13(6-8-17)22(2,19)20/h3-4,9,13H,5-8,10H2,1-2H3. The maximum Gasteiger partial charge on any atom is 0.310 e. The number of methoxy groups -OCH3 is 1. The largest absolute Gasteiger partial charge is 0.469 e. The summed E-state index contributed by atoms with van der Waals surface area (Å²) in [6.45, 7) is 1.20. The maximum absolute atomic E-state index is 13.7. The molecule has 0 aliphatic carbocycles. The summed E-state index contributed by atoms with van der Waals surface area (Å²) in [5, 5.41) is -0.307. The summed E-state index contributed by atoms with van der Waals surface area (Å²) in [7, 11) is -1.75. The van der Waals surface area contributed by atoms with Crippen LogP contribution in [-0.4, -0.2) is 46.1 Å². The van der Waals surface area contributed by atoms with Gasteiger partial charge in [-0.3, -0.25) is 4.79 Å². The van der Waals surface area contributed by atoms with E-state index in [1.807, 2.05) is 4.90 Å². The number of sulfone groups is 1. The summed E-state index contributed by atoms with van der Waals surface area (Å²) in [4.78, 5) is 13.3. The Morgan fingerprint density at radius 2 is 2.00 bits per heavy atom. The van der Waals surface area contributed by atoms with E-state index in [0.29, 0.717) is 25.9 Å². The fourth-order valence-corrected chi connectivity index (χ4v) is 3.73. The molecule has 7 heteroatoms. The van der Waals surface area contributed by atoms with Crippen molar-refractivity contribution in [3.05, 3.63) is 29.6 Å². The molecule has 5 nitrogen and oxygen atoms in total. The Hall–Kier alpha value is -1.63. The predicted molar refractivity (Wildman–Crippen MR) is 82.2 cm³/mol. The smallest absolute Gasteiger partial charge is 0.310 e. The van der Waals surface area contributed by atoms with Crippen molar-refractivity contribution in [2.75, 3.05) is 31.4 Å². The first-order valence-corrected chi connectivity index (χ1v) is 9.06. The van der Waals surface area contributed by atoms with E-state index in [4.69, 9.17) is 0 Å². The van der Waals surface area contributed by atoms with E-state index in [1.165, 1.54) is 19.4 Å². The monoisotopic (exact) mass is 329 g/mol. The Morgan fingerprint density at radius 3 is 2.55 bits per heavy atom. The average Bonchev–Trinajstić information content (AvgIpc) is 2.48. The average molecular weight is 329 g/mol. The summed E-state index contributed by atoms with van der Waals surface area (Å²) < 4.78 is 41.4. The van der Waals surface area contributed by atoms with Crippen LogP contribution in [0.1, 0.15) is 18.4 Å². The first-order chi connectivity index (χ1) is 10.3. The lowest BCUT2D eigenvalue weighted by molar-refractivity contribution is -0.139. The van der Waals surface area contributed by atoms with Crippen molar-refractivity contribution in [2.45, 2.75) is 24.5 Å². The number of benzene rings is 1. The number of hydrogen-bond acceptors (Lipinski definition) is 5. The fraction of sp³-hybridized carbons (Fsp3) is 0.533. The Morgan fingerprint density at radius 1 is 1.36 bits per heavy atom. The fourth-order valence-electron chi connectivity index (χ4n) is 2.66. The van der Waals surface area contributed by atoms with E-state index in [-0.39, 0.29) is 17.2 Å². The minimum atomic E-state index is -3.01. The van der Waals surface area contributed by atoms with Gasteiger partial charge in [0.1, 0.15) is 15.7 Å². The van der Waals surface area contributed by atoms with Crippen molar-refractivity contribution in [3.8, 4) is 0 Å². The third-order valence-electron chi connectivity index (χ3n) is 4.00. The van der Waals surface area contributed by atoms with Gasteiger partial charge in [-0.1, -0.05) is 0 Å². The van der Waals surface area contributed by atoms with Crippen molar-refractivity contribution in [2.24, 2.45) is 0 Å². The molecule has 0 unspecified atom stereocenters. The van der Waals surface area contributed by atoms with Crippen LogP contribution in [0.5, 0.6) is 0 Å². The van der Waals surface area contributed by atoms with Crippen molar-refractivity contribution < 1.29 is 22.3 Å². The van der Waals surface area contributed by atoms with Gasteiger partial charge in [-0.2, -0.15) is 0 Å². The van der Waals surface area contributed by atoms with Crippen LogP contribution in [0.3, 0.4) is 0 Å². The maximum atomic E-state index is 13.7. The van der Waals surface area contributed by atoms with Gasteiger partial charge >= 0.3 is 5.97 Å². The second kappa shape index (κ2) is 6.64. The van der Waals surface area contributed by atoms with Gasteiger partial charge < -0.3 is 9.64 Å². The Kier molecular flexibility index (Phi) is 5.05. The molecule has 1 aliphatic heterocycles. The molecule has 0 amide bonds. The van der Waals surface area contributed by atoms with Gasteiger partial charge in [0.05, 0.1) is 18.8 Å². The molecule has 1 fully saturated rings. The molecule has 1 heterocycles. The summed E-state index contributed by atoms with van der Waals surface area (Å²) in [5.74, 6) is -0.938. The first-order valence-electron chi connectivity index (χ1n) is 7.10. The van der Waals surface area contributed by atoms with Crippen LogP contribution in [0.25, 0.3) is 0 Å². The molecule has 2 rings (SSSR count). The van der Waals surface area contributed by atoms with Gasteiger partial charge in [0.2, 0.25) is 0 Å². The molecule has 0 radical (unpaired) electrons. The van der Waals surface area contributed by atoms with Gasteiger partial charge in [0, 0.05) is 30.6 Å². The van der Waals surface area contributed by atoms with Crippen LogP contribution in [0, 0.1) is 5.82 Å². The van der Waals surface area contributed by atoms with Crippen molar-refractivity contribution >= 4 is 21.5 Å². The number of anilines is 1. The van der Waals surface area contributed by atoms with Crippen LogP contribution in [-0.2, 0) is 25.8 Å². The first kappa shape index (κ1) is 16.7. The normalized spacial score (nSPS) is 16.6. The Labute approximate surface area is 130 Å². The van der Waals surface area contributed by atoms with Crippen molar-refractivity contribution in [3.63, 3.8) is 0 Å². The van der Waals surface area contributed by atoms with E-state index in [0.717, 1.165) is 5.69 Å². The van der Waals surface area contributed by atoms with Gasteiger partial charge in [-0.15, -0.1) is 0 Å². The number of nitrogens with zero attached hydrogens (tertiary/aromatic N) is 1. The molecule has 1 aromatic rings. The number of carbonyl (C=O) groups excluding carboxylic acids is 1. The molecule has 0 spiro atoms. The minimum absolute atomic E-state index is 0.115. The van der Waals surface area contributed by atoms with E-state index >= 15 is 0 Å². The number of carbonyl (C=O) groups is 1. The molecule has 1 saturated heterocycles. The summed E-state index contributed by atoms with van der Waals surface area (Å²) in [5.41, 5.74) is 1.09. The molecule has 22 heavy (non-hydrogen) atoms. The van der Waals surface area contributed by atoms with E-state index in [1.54, 1.807) is 12.1 Å². The quantitative estimate of drug-likeness (QED) is 0.784. The number of esters is 1. The number of ether oxygens (including phenoxy) is 1. The van der Waals surface area contributed by atoms with E-state index in [2.05, 4.69) is 4.74 Å². The van der Waals surface area contributed by atoms with Gasteiger partial charge in [-0.25, -0.2) is 12.8 Å². The van der Waals surface area contributed by atoms with Crippen molar-refractivity contribution in [1.82, 2.24) is 0 Å². The molecule has 0 aromatic heterocycles. The van der Waals surface area contributed by atoms with Crippen molar-refractivity contribution in [1.29, 1.82) is 0 Å². The second-order valence-electron chi connectivity index (χ2n) is 5.54. The van der Waals surface area contributed by atoms with Gasteiger partial charge in [0.25, 0.3) is 0 Å². The van der Waals surface area contributed by atoms with E-state index in [9.17, 15) is 17.6 Å². The molecule has 0 atom stereocenters. The number of hydrogen-bond donors (Lipinski definition) is 0. The summed E-state index contributed by atoms with van der Waals surface area (Å²) in [6.07, 6.45) is 2.26. The zero-order valence-corrected chi connectivity index (χ0v) is 13.5. The molecule has 0 N–H and O–H groups in total. The van der Waals surface area contributed by atoms with Crippen LogP contribution >= 0.6 is 0 Å². The highest BCUT2D eigenvalue weighted by molar-refractivity contribution is 7.91. The zero-order chi connectivity index (χ0) is 16.3. The lowest BCUT2D eigenvalue weighted by Crippen LogP contribution is -2.39. The molecule has 1 aliphatic rings. The lowest BCUT2D eigenvalue weighted by Gasteiger charge is -2.33. The minimum Gasteiger partial charge on any atom is -0.469 e. The second-order valence-corrected chi connectivity index (χ2v) is 7.87. The number of piperidine rings is 1. The molecule has 0 bridgehead atoms. The van der Waals surface area contributed by atoms with Gasteiger partial charge in [0.15, 0.2) is 0 Å². The van der Waals surface area contributed by atoms with Crippen LogP contribution in [0.15, 0.2) is 18.2 Å². The van der Waals surface area contributed by atoms with Gasteiger partial charge in [-0.05, 0) is 31.0 Å². The molecule has 1 aromatic carbocycles. The lowest BCUT2D eigenvalue weighted by atomic mass is 10.1. The molecule has 122 valence electrons. The predicted octanol–water partition coefficient (Wildman–Crippen LogP) is 1.55. The Balaban J connectivity index is 2.11. The Bertz CT molecular complexity index is 652. The van der Waals surface area contributed by atoms with E-state index < -0.39 is 21.6 Å². The number of halogens is 1. The van der Waals surface area contributed by atoms with Crippen LogP contribution < -0.4 is 4.90 Å². The highest BCUT2D eigenvalue weighted by Gasteiger charge is 2.27. The highest BCUT2D eigenvalue weighted by Crippen LogP contribution is 2.25. The highest BCUT2D eigenvalue weighted by atomic mass is 32.2. The topological polar surface area (TPSA) is 63.7 Å². The molecule has 0 saturated carbocycles. The van der Waals surface area contributed by atoms with Crippen LogP contribution in [0.2, 0.25) is 0 Å². The number of rotatable bonds is 4. The summed E-state index contributed by atoms with van der Waals surface area (Å²) >= 11 is 0. The molecular weight excluding hydrogens is 309 g/mol. The third kappa shape index (κ3) is 3.97. The van der Waals surface area contributed by atoms with Crippen LogP contribution in [0.4, 0.5) is 10.1 Å². The summed E-state index contributed by atoms with van der Waals surface area (Å²) in [6, 6.07) is 4.61. The SMILES string of the molecule is COC(=O)Cc1cc(N2CCC(S(C)(=O)=O)CC2)ccc1F. The third-order valence-corrected chi connectivity index (χ3v) is 5.69. The molecular formula is C15H20FNO4S. The zero-order valence-electron chi connectivity index (χ0n) is 12.7.